The maximum absolute atomic E-state index is 12.0. The highest BCUT2D eigenvalue weighted by molar-refractivity contribution is 5.99. The summed E-state index contributed by atoms with van der Waals surface area (Å²) in [5.74, 6) is -0.0479. The Morgan fingerprint density at radius 3 is 3.05 bits per heavy atom. The van der Waals surface area contributed by atoms with Crippen molar-refractivity contribution in [2.45, 2.75) is 19.4 Å². The van der Waals surface area contributed by atoms with Crippen molar-refractivity contribution in [2.75, 3.05) is 5.32 Å². The van der Waals surface area contributed by atoms with E-state index in [4.69, 9.17) is 0 Å². The molecule has 0 radical (unpaired) electrons. The number of nitrogens with zero attached hydrogens (tertiary/aromatic N) is 6. The molecule has 0 fully saturated rings. The molecule has 2 aromatic heterocycles. The SMILES string of the molecule is Cn1nc2cccc(NC(=O)CCCn3cncn3)c2n1. The summed E-state index contributed by atoms with van der Waals surface area (Å²) in [7, 11) is 1.75. The van der Waals surface area contributed by atoms with Crippen LogP contribution in [0.4, 0.5) is 5.69 Å². The van der Waals surface area contributed by atoms with Crippen molar-refractivity contribution in [3.8, 4) is 0 Å². The van der Waals surface area contributed by atoms with Crippen LogP contribution in [-0.2, 0) is 18.4 Å². The summed E-state index contributed by atoms with van der Waals surface area (Å²) in [4.78, 5) is 17.3. The number of carbonyl (C=O) groups is 1. The van der Waals surface area contributed by atoms with Crippen molar-refractivity contribution < 1.29 is 4.79 Å². The second-order valence-electron chi connectivity index (χ2n) is 4.67. The minimum Gasteiger partial charge on any atom is -0.324 e. The minimum absolute atomic E-state index is 0.0479. The highest BCUT2D eigenvalue weighted by Crippen LogP contribution is 2.19. The van der Waals surface area contributed by atoms with Crippen molar-refractivity contribution >= 4 is 22.6 Å². The monoisotopic (exact) mass is 285 g/mol. The van der Waals surface area contributed by atoms with Gasteiger partial charge in [0.1, 0.15) is 23.7 Å². The van der Waals surface area contributed by atoms with Gasteiger partial charge in [-0.2, -0.15) is 20.1 Å². The summed E-state index contributed by atoms with van der Waals surface area (Å²) in [6.07, 6.45) is 4.23. The number of aromatic nitrogens is 6. The topological polar surface area (TPSA) is 90.5 Å². The lowest BCUT2D eigenvalue weighted by atomic mass is 10.2. The minimum atomic E-state index is -0.0479. The second-order valence-corrected chi connectivity index (χ2v) is 4.67. The van der Waals surface area contributed by atoms with Crippen LogP contribution in [0.25, 0.3) is 11.0 Å². The van der Waals surface area contributed by atoms with Gasteiger partial charge in [-0.15, -0.1) is 0 Å². The van der Waals surface area contributed by atoms with Gasteiger partial charge in [-0.3, -0.25) is 9.48 Å². The average Bonchev–Trinajstić information content (AvgIpc) is 3.07. The van der Waals surface area contributed by atoms with Crippen molar-refractivity contribution in [1.29, 1.82) is 0 Å². The van der Waals surface area contributed by atoms with Crippen LogP contribution in [0.15, 0.2) is 30.9 Å². The molecule has 2 heterocycles. The first-order valence-electron chi connectivity index (χ1n) is 6.65. The number of benzene rings is 1. The predicted molar refractivity (Wildman–Crippen MR) is 76.4 cm³/mol. The molecule has 8 nitrogen and oxygen atoms in total. The van der Waals surface area contributed by atoms with E-state index in [2.05, 4.69) is 25.6 Å². The van der Waals surface area contributed by atoms with Crippen LogP contribution < -0.4 is 5.32 Å². The fourth-order valence-electron chi connectivity index (χ4n) is 2.10. The molecule has 0 atom stereocenters. The highest BCUT2D eigenvalue weighted by atomic mass is 16.1. The number of amides is 1. The van der Waals surface area contributed by atoms with Gasteiger partial charge < -0.3 is 5.32 Å². The molecule has 0 bridgehead atoms. The Morgan fingerprint density at radius 1 is 1.33 bits per heavy atom. The third kappa shape index (κ3) is 3.04. The van der Waals surface area contributed by atoms with Gasteiger partial charge in [0.2, 0.25) is 5.91 Å². The van der Waals surface area contributed by atoms with Crippen LogP contribution in [-0.4, -0.2) is 35.7 Å². The summed E-state index contributed by atoms with van der Waals surface area (Å²) < 4.78 is 1.71. The van der Waals surface area contributed by atoms with Crippen molar-refractivity contribution in [1.82, 2.24) is 29.8 Å². The molecule has 1 amide bonds. The lowest BCUT2D eigenvalue weighted by Crippen LogP contribution is -2.13. The zero-order valence-electron chi connectivity index (χ0n) is 11.6. The largest absolute Gasteiger partial charge is 0.324 e. The zero-order chi connectivity index (χ0) is 14.7. The molecule has 1 aromatic carbocycles. The van der Waals surface area contributed by atoms with Crippen LogP contribution in [0.5, 0.6) is 0 Å². The number of carbonyl (C=O) groups excluding carboxylic acids is 1. The summed E-state index contributed by atoms with van der Waals surface area (Å²) in [6.45, 7) is 0.669. The van der Waals surface area contributed by atoms with Crippen LogP contribution in [0.3, 0.4) is 0 Å². The van der Waals surface area contributed by atoms with Gasteiger partial charge in [-0.25, -0.2) is 4.98 Å². The third-order valence-corrected chi connectivity index (χ3v) is 3.04. The lowest BCUT2D eigenvalue weighted by molar-refractivity contribution is -0.116. The van der Waals surface area contributed by atoms with Crippen LogP contribution >= 0.6 is 0 Å². The number of rotatable bonds is 5. The highest BCUT2D eigenvalue weighted by Gasteiger charge is 2.09. The maximum atomic E-state index is 12.0. The smallest absolute Gasteiger partial charge is 0.224 e. The Balaban J connectivity index is 1.61. The molecule has 0 aliphatic carbocycles. The lowest BCUT2D eigenvalue weighted by Gasteiger charge is -2.05. The van der Waals surface area contributed by atoms with E-state index in [1.807, 2.05) is 18.2 Å². The Morgan fingerprint density at radius 2 is 2.24 bits per heavy atom. The molecule has 0 aliphatic rings. The van der Waals surface area contributed by atoms with E-state index >= 15 is 0 Å². The third-order valence-electron chi connectivity index (χ3n) is 3.04. The molecule has 0 aliphatic heterocycles. The normalized spacial score (nSPS) is 10.9. The van der Waals surface area contributed by atoms with Gasteiger partial charge in [-0.05, 0) is 18.6 Å². The summed E-state index contributed by atoms with van der Waals surface area (Å²) >= 11 is 0. The van der Waals surface area contributed by atoms with Gasteiger partial charge in [-0.1, -0.05) is 6.07 Å². The molecule has 3 aromatic rings. The molecule has 21 heavy (non-hydrogen) atoms. The fourth-order valence-corrected chi connectivity index (χ4v) is 2.10. The number of anilines is 1. The van der Waals surface area contributed by atoms with Gasteiger partial charge in [0.25, 0.3) is 0 Å². The van der Waals surface area contributed by atoms with E-state index in [9.17, 15) is 4.79 Å². The molecule has 0 unspecified atom stereocenters. The number of aryl methyl sites for hydroxylation is 2. The summed E-state index contributed by atoms with van der Waals surface area (Å²) in [6, 6.07) is 5.54. The predicted octanol–water partition coefficient (Wildman–Crippen LogP) is 0.979. The first kappa shape index (κ1) is 13.2. The first-order valence-corrected chi connectivity index (χ1v) is 6.65. The second kappa shape index (κ2) is 5.70. The van der Waals surface area contributed by atoms with E-state index in [0.29, 0.717) is 30.6 Å². The standard InChI is InChI=1S/C13H15N7O/c1-19-17-11-5-2-4-10(13(11)18-19)16-12(21)6-3-7-20-9-14-8-15-20/h2,4-5,8-9H,3,6-7H2,1H3,(H,16,21). The number of nitrogens with one attached hydrogen (secondary N) is 1. The van der Waals surface area contributed by atoms with Crippen LogP contribution in [0, 0.1) is 0 Å². The molecular weight excluding hydrogens is 270 g/mol. The summed E-state index contributed by atoms with van der Waals surface area (Å²) in [5.41, 5.74) is 2.15. The van der Waals surface area contributed by atoms with Gasteiger partial charge >= 0.3 is 0 Å². The molecule has 3 rings (SSSR count). The van der Waals surface area contributed by atoms with E-state index in [1.165, 1.54) is 11.1 Å². The molecule has 0 spiro atoms. The quantitative estimate of drug-likeness (QED) is 0.754. The molecule has 0 saturated heterocycles. The van der Waals surface area contributed by atoms with Crippen molar-refractivity contribution in [3.63, 3.8) is 0 Å². The van der Waals surface area contributed by atoms with E-state index in [1.54, 1.807) is 18.1 Å². The Bertz CT molecular complexity index is 747. The molecule has 108 valence electrons. The fraction of sp³-hybridized carbons (Fsp3) is 0.308. The Labute approximate surface area is 120 Å². The van der Waals surface area contributed by atoms with Crippen molar-refractivity contribution in [3.05, 3.63) is 30.9 Å². The zero-order valence-corrected chi connectivity index (χ0v) is 11.6. The number of fused-ring (bicyclic) bond motifs is 1. The Kier molecular flexibility index (Phi) is 3.59. The van der Waals surface area contributed by atoms with Gasteiger partial charge in [0.15, 0.2) is 0 Å². The Hall–Kier alpha value is -2.77. The van der Waals surface area contributed by atoms with Crippen LogP contribution in [0.2, 0.25) is 0 Å². The number of hydrogen-bond acceptors (Lipinski definition) is 5. The molecule has 8 heteroatoms. The van der Waals surface area contributed by atoms with Gasteiger partial charge in [0.05, 0.1) is 5.69 Å². The number of hydrogen-bond donors (Lipinski definition) is 1. The van der Waals surface area contributed by atoms with E-state index in [-0.39, 0.29) is 5.91 Å². The molecule has 0 saturated carbocycles. The van der Waals surface area contributed by atoms with Crippen molar-refractivity contribution in [2.24, 2.45) is 7.05 Å². The summed E-state index contributed by atoms with van der Waals surface area (Å²) in [5, 5.41) is 15.3. The average molecular weight is 285 g/mol. The molecular formula is C13H15N7O. The molecule has 1 N–H and O–H groups in total. The maximum Gasteiger partial charge on any atom is 0.224 e. The van der Waals surface area contributed by atoms with Gasteiger partial charge in [0, 0.05) is 20.0 Å². The van der Waals surface area contributed by atoms with Crippen LogP contribution in [0.1, 0.15) is 12.8 Å². The first-order chi connectivity index (χ1) is 10.2. The van der Waals surface area contributed by atoms with E-state index in [0.717, 1.165) is 5.52 Å². The van der Waals surface area contributed by atoms with E-state index < -0.39 is 0 Å².